The molecule has 2 fully saturated rings. The number of benzene rings is 1. The summed E-state index contributed by atoms with van der Waals surface area (Å²) in [5.74, 6) is 0.918. The van der Waals surface area contributed by atoms with Crippen LogP contribution in [0.25, 0.3) is 11.4 Å². The van der Waals surface area contributed by atoms with Crippen LogP contribution in [0, 0.1) is 5.82 Å². The number of aromatic nitrogens is 3. The van der Waals surface area contributed by atoms with E-state index in [1.165, 1.54) is 23.9 Å². The van der Waals surface area contributed by atoms with Crippen molar-refractivity contribution in [2.75, 3.05) is 11.5 Å². The van der Waals surface area contributed by atoms with Crippen molar-refractivity contribution >= 4 is 21.6 Å². The van der Waals surface area contributed by atoms with E-state index in [1.54, 1.807) is 12.1 Å². The van der Waals surface area contributed by atoms with E-state index in [1.807, 2.05) is 0 Å². The summed E-state index contributed by atoms with van der Waals surface area (Å²) in [5.41, 5.74) is 0.830. The minimum Gasteiger partial charge on any atom is -0.299 e. The highest BCUT2D eigenvalue weighted by Gasteiger charge is 2.34. The van der Waals surface area contributed by atoms with E-state index in [4.69, 9.17) is 0 Å². The lowest BCUT2D eigenvalue weighted by Crippen LogP contribution is -2.08. The van der Waals surface area contributed by atoms with Crippen molar-refractivity contribution in [3.63, 3.8) is 0 Å². The SMILES string of the molecule is O=S1(=O)CCC(Sc2nnc(-c3ccc(F)cc3)n2C2CC2)C1. The summed E-state index contributed by atoms with van der Waals surface area (Å²) in [6.07, 6.45) is 2.81. The minimum atomic E-state index is -2.90. The molecule has 1 aliphatic heterocycles. The molecule has 4 rings (SSSR count). The molecule has 0 spiro atoms. The van der Waals surface area contributed by atoms with Gasteiger partial charge in [-0.2, -0.15) is 0 Å². The van der Waals surface area contributed by atoms with Gasteiger partial charge < -0.3 is 0 Å². The highest BCUT2D eigenvalue weighted by molar-refractivity contribution is 8.01. The Morgan fingerprint density at radius 1 is 1.13 bits per heavy atom. The van der Waals surface area contributed by atoms with Crippen LogP contribution in [0.4, 0.5) is 4.39 Å². The third-order valence-corrected chi connectivity index (χ3v) is 7.35. The molecule has 2 heterocycles. The highest BCUT2D eigenvalue weighted by atomic mass is 32.2. The van der Waals surface area contributed by atoms with Gasteiger partial charge in [0.05, 0.1) is 11.5 Å². The first-order valence-corrected chi connectivity index (χ1v) is 10.3. The Balaban J connectivity index is 1.65. The average Bonchev–Trinajstić information content (AvgIpc) is 3.18. The van der Waals surface area contributed by atoms with Crippen LogP contribution >= 0.6 is 11.8 Å². The van der Waals surface area contributed by atoms with E-state index in [2.05, 4.69) is 14.8 Å². The summed E-state index contributed by atoms with van der Waals surface area (Å²) in [5, 5.41) is 9.37. The Hall–Kier alpha value is -1.41. The third kappa shape index (κ3) is 3.14. The van der Waals surface area contributed by atoms with Crippen molar-refractivity contribution in [2.45, 2.75) is 35.7 Å². The summed E-state index contributed by atoms with van der Waals surface area (Å²) >= 11 is 1.50. The Morgan fingerprint density at radius 3 is 2.48 bits per heavy atom. The van der Waals surface area contributed by atoms with Crippen molar-refractivity contribution in [2.24, 2.45) is 0 Å². The normalized spacial score (nSPS) is 23.3. The first-order valence-electron chi connectivity index (χ1n) is 7.60. The molecule has 1 saturated heterocycles. The maximum atomic E-state index is 13.1. The molecule has 0 bridgehead atoms. The van der Waals surface area contributed by atoms with Crippen LogP contribution in [0.1, 0.15) is 25.3 Å². The van der Waals surface area contributed by atoms with Gasteiger partial charge in [0.1, 0.15) is 5.82 Å². The number of nitrogens with zero attached hydrogens (tertiary/aromatic N) is 3. The number of rotatable bonds is 4. The molecule has 1 aromatic carbocycles. The second kappa shape index (κ2) is 5.59. The molecular formula is C15H16FN3O2S2. The van der Waals surface area contributed by atoms with Gasteiger partial charge in [-0.25, -0.2) is 12.8 Å². The van der Waals surface area contributed by atoms with Crippen LogP contribution < -0.4 is 0 Å². The van der Waals surface area contributed by atoms with Crippen LogP contribution in [0.2, 0.25) is 0 Å². The van der Waals surface area contributed by atoms with Crippen molar-refractivity contribution in [1.82, 2.24) is 14.8 Å². The van der Waals surface area contributed by atoms with Crippen LogP contribution in [0.5, 0.6) is 0 Å². The Kier molecular flexibility index (Phi) is 3.68. The topological polar surface area (TPSA) is 64.8 Å². The lowest BCUT2D eigenvalue weighted by Gasteiger charge is -2.11. The highest BCUT2D eigenvalue weighted by Crippen LogP contribution is 2.42. The Labute approximate surface area is 138 Å². The first kappa shape index (κ1) is 15.1. The number of sulfone groups is 1. The molecule has 8 heteroatoms. The average molecular weight is 353 g/mol. The van der Waals surface area contributed by atoms with Crippen molar-refractivity contribution in [3.8, 4) is 11.4 Å². The number of thioether (sulfide) groups is 1. The maximum Gasteiger partial charge on any atom is 0.192 e. The Bertz CT molecular complexity index is 829. The van der Waals surface area contributed by atoms with Gasteiger partial charge in [-0.15, -0.1) is 10.2 Å². The monoisotopic (exact) mass is 353 g/mol. The maximum absolute atomic E-state index is 13.1. The number of hydrogen-bond acceptors (Lipinski definition) is 5. The molecule has 23 heavy (non-hydrogen) atoms. The van der Waals surface area contributed by atoms with Gasteiger partial charge in [0.2, 0.25) is 0 Å². The molecule has 122 valence electrons. The quantitative estimate of drug-likeness (QED) is 0.845. The summed E-state index contributed by atoms with van der Waals surface area (Å²) in [6, 6.07) is 6.60. The molecule has 5 nitrogen and oxygen atoms in total. The van der Waals surface area contributed by atoms with E-state index < -0.39 is 9.84 Å². The molecule has 1 unspecified atom stereocenters. The molecule has 2 aromatic rings. The number of halogens is 1. The lowest BCUT2D eigenvalue weighted by molar-refractivity contribution is 0.602. The third-order valence-electron chi connectivity index (χ3n) is 4.14. The van der Waals surface area contributed by atoms with Gasteiger partial charge in [0.25, 0.3) is 0 Å². The second-order valence-electron chi connectivity index (χ2n) is 6.06. The molecule has 1 atom stereocenters. The van der Waals surface area contributed by atoms with Crippen molar-refractivity contribution in [1.29, 1.82) is 0 Å². The van der Waals surface area contributed by atoms with Gasteiger partial charge in [-0.05, 0) is 43.5 Å². The van der Waals surface area contributed by atoms with Gasteiger partial charge >= 0.3 is 0 Å². The van der Waals surface area contributed by atoms with E-state index in [-0.39, 0.29) is 22.6 Å². The fourth-order valence-electron chi connectivity index (χ4n) is 2.82. The molecular weight excluding hydrogens is 337 g/mol. The zero-order valence-electron chi connectivity index (χ0n) is 12.4. The molecule has 1 aromatic heterocycles. The fraction of sp³-hybridized carbons (Fsp3) is 0.467. The fourth-order valence-corrected chi connectivity index (χ4v) is 6.38. The molecule has 1 saturated carbocycles. The predicted octanol–water partition coefficient (Wildman–Crippen LogP) is 2.70. The van der Waals surface area contributed by atoms with Gasteiger partial charge in [-0.3, -0.25) is 4.57 Å². The van der Waals surface area contributed by atoms with Crippen molar-refractivity contribution < 1.29 is 12.8 Å². The zero-order valence-corrected chi connectivity index (χ0v) is 14.0. The lowest BCUT2D eigenvalue weighted by atomic mass is 10.2. The number of hydrogen-bond donors (Lipinski definition) is 0. The first-order chi connectivity index (χ1) is 11.0. The van der Waals surface area contributed by atoms with Crippen LogP contribution in [0.15, 0.2) is 29.4 Å². The summed E-state index contributed by atoms with van der Waals surface area (Å²) in [4.78, 5) is 0. The van der Waals surface area contributed by atoms with Crippen LogP contribution in [-0.2, 0) is 9.84 Å². The smallest absolute Gasteiger partial charge is 0.192 e. The standard InChI is InChI=1S/C15H16FN3O2S2/c16-11-3-1-10(2-4-11)14-17-18-15(19(14)12-5-6-12)22-13-7-8-23(20,21)9-13/h1-4,12-13H,5-9H2. The van der Waals surface area contributed by atoms with E-state index >= 15 is 0 Å². The second-order valence-corrected chi connectivity index (χ2v) is 9.55. The molecule has 0 amide bonds. The summed E-state index contributed by atoms with van der Waals surface area (Å²) in [6.45, 7) is 0. The molecule has 2 aliphatic rings. The zero-order chi connectivity index (χ0) is 16.0. The molecule has 0 radical (unpaired) electrons. The molecule has 1 aliphatic carbocycles. The van der Waals surface area contributed by atoms with E-state index in [9.17, 15) is 12.8 Å². The summed E-state index contributed by atoms with van der Waals surface area (Å²) in [7, 11) is -2.90. The predicted molar refractivity (Wildman–Crippen MR) is 86.6 cm³/mol. The van der Waals surface area contributed by atoms with Crippen molar-refractivity contribution in [3.05, 3.63) is 30.1 Å². The van der Waals surface area contributed by atoms with E-state index in [0.717, 1.165) is 29.4 Å². The minimum absolute atomic E-state index is 0.0442. The van der Waals surface area contributed by atoms with Gasteiger partial charge in [0, 0.05) is 16.9 Å². The largest absolute Gasteiger partial charge is 0.299 e. The molecule has 0 N–H and O–H groups in total. The summed E-state index contributed by atoms with van der Waals surface area (Å²) < 4.78 is 38.5. The Morgan fingerprint density at radius 2 is 1.87 bits per heavy atom. The van der Waals surface area contributed by atoms with Crippen LogP contribution in [0.3, 0.4) is 0 Å². The van der Waals surface area contributed by atoms with Gasteiger partial charge in [0.15, 0.2) is 20.8 Å². The van der Waals surface area contributed by atoms with Gasteiger partial charge in [-0.1, -0.05) is 11.8 Å². The van der Waals surface area contributed by atoms with Crippen LogP contribution in [-0.4, -0.2) is 39.9 Å². The van der Waals surface area contributed by atoms with E-state index in [0.29, 0.717) is 12.5 Å².